The van der Waals surface area contributed by atoms with Crippen LogP contribution in [0.4, 0.5) is 18.0 Å². The molecule has 3 rings (SSSR count). The van der Waals surface area contributed by atoms with E-state index in [9.17, 15) is 27.6 Å². The number of carbonyl (C=O) groups excluding carboxylic acids is 3. The maximum absolute atomic E-state index is 12.8. The number of pyridine rings is 1. The summed E-state index contributed by atoms with van der Waals surface area (Å²) in [5.74, 6) is -1.77. The summed E-state index contributed by atoms with van der Waals surface area (Å²) >= 11 is 0. The molecule has 0 bridgehead atoms. The van der Waals surface area contributed by atoms with Crippen molar-refractivity contribution in [2.24, 2.45) is 0 Å². The Balaban J connectivity index is 1.73. The summed E-state index contributed by atoms with van der Waals surface area (Å²) in [7, 11) is 0. The number of rotatable bonds is 4. The van der Waals surface area contributed by atoms with Gasteiger partial charge >= 0.3 is 18.2 Å². The first-order chi connectivity index (χ1) is 14.1. The number of nitrogens with one attached hydrogen (secondary N) is 2. The van der Waals surface area contributed by atoms with E-state index in [0.29, 0.717) is 22.9 Å². The minimum absolute atomic E-state index is 0.340. The third-order valence-corrected chi connectivity index (χ3v) is 4.66. The number of hydrogen-bond acceptors (Lipinski definition) is 5. The van der Waals surface area contributed by atoms with Crippen LogP contribution in [-0.4, -0.2) is 42.2 Å². The van der Waals surface area contributed by atoms with Gasteiger partial charge in [-0.3, -0.25) is 15.1 Å². The van der Waals surface area contributed by atoms with Gasteiger partial charge in [-0.15, -0.1) is 0 Å². The van der Waals surface area contributed by atoms with Crippen molar-refractivity contribution in [1.82, 2.24) is 15.6 Å². The number of ether oxygens (including phenoxy) is 1. The van der Waals surface area contributed by atoms with Gasteiger partial charge in [0.1, 0.15) is 6.54 Å². The van der Waals surface area contributed by atoms with Crippen molar-refractivity contribution in [1.29, 1.82) is 0 Å². The van der Waals surface area contributed by atoms with E-state index in [1.807, 2.05) is 25.1 Å². The molecule has 0 aliphatic heterocycles. The molecule has 1 aromatic heterocycles. The van der Waals surface area contributed by atoms with E-state index in [1.54, 1.807) is 5.32 Å². The molecule has 0 saturated carbocycles. The normalized spacial score (nSPS) is 13.5. The molecule has 10 heteroatoms. The van der Waals surface area contributed by atoms with Crippen molar-refractivity contribution < 1.29 is 32.3 Å². The first-order valence-corrected chi connectivity index (χ1v) is 9.38. The molecule has 0 fully saturated rings. The topological polar surface area (TPSA) is 97.4 Å². The summed E-state index contributed by atoms with van der Waals surface area (Å²) in [6.07, 6.45) is -1.36. The molecule has 30 heavy (non-hydrogen) atoms. The molecule has 0 spiro atoms. The van der Waals surface area contributed by atoms with Gasteiger partial charge < -0.3 is 10.1 Å². The van der Waals surface area contributed by atoms with Gasteiger partial charge in [-0.1, -0.05) is 11.6 Å². The van der Waals surface area contributed by atoms with Gasteiger partial charge in [0.05, 0.1) is 11.1 Å². The fraction of sp³-hybridized carbons (Fsp3) is 0.400. The highest BCUT2D eigenvalue weighted by Gasteiger charge is 2.28. The molecule has 7 nitrogen and oxygen atoms in total. The molecule has 160 valence electrons. The molecule has 0 atom stereocenters. The van der Waals surface area contributed by atoms with Crippen LogP contribution in [0.5, 0.6) is 0 Å². The lowest BCUT2D eigenvalue weighted by atomic mass is 9.89. The van der Waals surface area contributed by atoms with Crippen LogP contribution >= 0.6 is 0 Å². The van der Waals surface area contributed by atoms with Crippen LogP contribution in [0.1, 0.15) is 40.0 Å². The molecule has 0 saturated heterocycles. The van der Waals surface area contributed by atoms with E-state index in [0.717, 1.165) is 36.1 Å². The number of aryl methyl sites for hydroxylation is 2. The second-order valence-corrected chi connectivity index (χ2v) is 7.06. The van der Waals surface area contributed by atoms with E-state index in [4.69, 9.17) is 4.74 Å². The van der Waals surface area contributed by atoms with E-state index in [1.165, 1.54) is 5.32 Å². The van der Waals surface area contributed by atoms with Gasteiger partial charge in [-0.25, -0.2) is 9.59 Å². The molecular formula is C20H20F3N3O4. The lowest BCUT2D eigenvalue weighted by Gasteiger charge is -2.20. The molecule has 2 N–H and O–H groups in total. The zero-order valence-electron chi connectivity index (χ0n) is 16.2. The Hall–Kier alpha value is -3.17. The van der Waals surface area contributed by atoms with E-state index < -0.39 is 37.2 Å². The number of esters is 1. The number of halogens is 3. The van der Waals surface area contributed by atoms with Gasteiger partial charge in [0.25, 0.3) is 5.91 Å². The van der Waals surface area contributed by atoms with Gasteiger partial charge in [-0.2, -0.15) is 13.2 Å². The van der Waals surface area contributed by atoms with Crippen molar-refractivity contribution in [3.63, 3.8) is 0 Å². The molecule has 0 unspecified atom stereocenters. The second-order valence-electron chi connectivity index (χ2n) is 7.06. The minimum atomic E-state index is -4.60. The molecule has 1 aliphatic carbocycles. The molecule has 0 radical (unpaired) electrons. The van der Waals surface area contributed by atoms with E-state index in [-0.39, 0.29) is 0 Å². The fourth-order valence-electron chi connectivity index (χ4n) is 3.36. The third-order valence-electron chi connectivity index (χ3n) is 4.66. The summed E-state index contributed by atoms with van der Waals surface area (Å²) in [4.78, 5) is 40.6. The zero-order valence-corrected chi connectivity index (χ0v) is 16.2. The summed E-state index contributed by atoms with van der Waals surface area (Å²) in [5.41, 5.74) is 3.51. The SMILES string of the molecule is Cc1ccc2nc3c(c(C(=O)OCC(=O)NC(=O)NCC(F)(F)F)c2c1)CCCC3. The number of nitrogens with zero attached hydrogens (tertiary/aromatic N) is 1. The van der Waals surface area contributed by atoms with Crippen molar-refractivity contribution in [3.05, 3.63) is 40.6 Å². The number of hydrogen-bond donors (Lipinski definition) is 2. The monoisotopic (exact) mass is 423 g/mol. The van der Waals surface area contributed by atoms with Gasteiger partial charge in [0.15, 0.2) is 6.61 Å². The second kappa shape index (κ2) is 8.68. The van der Waals surface area contributed by atoms with Crippen molar-refractivity contribution >= 4 is 28.8 Å². The molecule has 1 aromatic carbocycles. The number of imide groups is 1. The minimum Gasteiger partial charge on any atom is -0.452 e. The molecule has 3 amide bonds. The average molecular weight is 423 g/mol. The molecule has 1 heterocycles. The molecule has 2 aromatic rings. The molecular weight excluding hydrogens is 403 g/mol. The Morgan fingerprint density at radius 1 is 1.17 bits per heavy atom. The van der Waals surface area contributed by atoms with Crippen molar-refractivity contribution in [2.75, 3.05) is 13.2 Å². The zero-order chi connectivity index (χ0) is 21.9. The number of aromatic nitrogens is 1. The summed E-state index contributed by atoms with van der Waals surface area (Å²) in [6, 6.07) is 4.19. The lowest BCUT2D eigenvalue weighted by molar-refractivity contribution is -0.125. The standard InChI is InChI=1S/C20H20F3N3O4/c1-11-6-7-15-13(8-11)17(12-4-2-3-5-14(12)25-15)18(28)30-9-16(27)26-19(29)24-10-20(21,22)23/h6-8H,2-5,9-10H2,1H3,(H2,24,26,27,29). The number of amides is 3. The quantitative estimate of drug-likeness (QED) is 0.737. The summed E-state index contributed by atoms with van der Waals surface area (Å²) < 4.78 is 41.3. The van der Waals surface area contributed by atoms with Crippen LogP contribution in [0, 0.1) is 6.92 Å². The predicted octanol–water partition coefficient (Wildman–Crippen LogP) is 2.97. The number of fused-ring (bicyclic) bond motifs is 2. The van der Waals surface area contributed by atoms with Crippen LogP contribution in [-0.2, 0) is 22.4 Å². The van der Waals surface area contributed by atoms with Crippen molar-refractivity contribution in [3.8, 4) is 0 Å². The van der Waals surface area contributed by atoms with E-state index in [2.05, 4.69) is 4.98 Å². The van der Waals surface area contributed by atoms with Crippen molar-refractivity contribution in [2.45, 2.75) is 38.8 Å². The Labute approximate surface area is 170 Å². The van der Waals surface area contributed by atoms with Gasteiger partial charge in [0, 0.05) is 11.1 Å². The fourth-order valence-corrected chi connectivity index (χ4v) is 3.36. The highest BCUT2D eigenvalue weighted by Crippen LogP contribution is 2.30. The average Bonchev–Trinajstić information content (AvgIpc) is 2.68. The van der Waals surface area contributed by atoms with Crippen LogP contribution in [0.3, 0.4) is 0 Å². The largest absolute Gasteiger partial charge is 0.452 e. The summed E-state index contributed by atoms with van der Waals surface area (Å²) in [5, 5.41) is 3.80. The Kier molecular flexibility index (Phi) is 6.23. The maximum atomic E-state index is 12.8. The number of urea groups is 1. The predicted molar refractivity (Wildman–Crippen MR) is 101 cm³/mol. The summed E-state index contributed by atoms with van der Waals surface area (Å²) in [6.45, 7) is -0.510. The lowest BCUT2D eigenvalue weighted by Crippen LogP contribution is -2.44. The van der Waals surface area contributed by atoms with Crippen LogP contribution in [0.25, 0.3) is 10.9 Å². The van der Waals surface area contributed by atoms with Crippen LogP contribution < -0.4 is 10.6 Å². The maximum Gasteiger partial charge on any atom is 0.405 e. The van der Waals surface area contributed by atoms with Crippen LogP contribution in [0.15, 0.2) is 18.2 Å². The highest BCUT2D eigenvalue weighted by molar-refractivity contribution is 6.06. The first-order valence-electron chi connectivity index (χ1n) is 9.38. The van der Waals surface area contributed by atoms with Gasteiger partial charge in [-0.05, 0) is 50.3 Å². The Bertz CT molecular complexity index is 1000. The molecule has 1 aliphatic rings. The number of carbonyl (C=O) groups is 3. The van der Waals surface area contributed by atoms with Crippen LogP contribution in [0.2, 0.25) is 0 Å². The highest BCUT2D eigenvalue weighted by atomic mass is 19.4. The first kappa shape index (κ1) is 21.5. The number of benzene rings is 1. The number of alkyl halides is 3. The Morgan fingerprint density at radius 3 is 2.63 bits per heavy atom. The smallest absolute Gasteiger partial charge is 0.405 e. The third kappa shape index (κ3) is 5.25. The Morgan fingerprint density at radius 2 is 1.90 bits per heavy atom. The van der Waals surface area contributed by atoms with E-state index >= 15 is 0 Å². The van der Waals surface area contributed by atoms with Gasteiger partial charge in [0.2, 0.25) is 0 Å².